The lowest BCUT2D eigenvalue weighted by Gasteiger charge is -2.31. The van der Waals surface area contributed by atoms with E-state index in [1.807, 2.05) is 7.05 Å². The second kappa shape index (κ2) is 10.8. The highest BCUT2D eigenvalue weighted by atomic mass is 32.2. The highest BCUT2D eigenvalue weighted by Gasteiger charge is 2.30. The molecule has 0 aromatic heterocycles. The average molecular weight is 539 g/mol. The quantitative estimate of drug-likeness (QED) is 0.551. The molecule has 196 valence electrons. The zero-order valence-electron chi connectivity index (χ0n) is 20.2. The standard InChI is InChI=1S/C23H30N4O7S2/c1-25-9-11-26(12-10-25)35(29,30)20-6-4-19(5-7-20)24-23(28)18-3-8-21(33-2)22(17-18)36(31,32)27-13-15-34-16-14-27/h3-8,17H,9-16H2,1-2H3,(H,24,28). The van der Waals surface area contributed by atoms with Crippen LogP contribution in [0.4, 0.5) is 5.69 Å². The van der Waals surface area contributed by atoms with Crippen LogP contribution in [-0.4, -0.2) is 103 Å². The smallest absolute Gasteiger partial charge is 0.255 e. The minimum Gasteiger partial charge on any atom is -0.495 e. The Morgan fingerprint density at radius 1 is 0.861 bits per heavy atom. The molecule has 2 heterocycles. The Kier molecular flexibility index (Phi) is 7.97. The molecule has 0 radical (unpaired) electrons. The number of ether oxygens (including phenoxy) is 2. The number of anilines is 1. The zero-order valence-corrected chi connectivity index (χ0v) is 21.8. The van der Waals surface area contributed by atoms with Gasteiger partial charge in [0.1, 0.15) is 10.6 Å². The summed E-state index contributed by atoms with van der Waals surface area (Å²) in [4.78, 5) is 15.0. The largest absolute Gasteiger partial charge is 0.495 e. The SMILES string of the molecule is COc1ccc(C(=O)Nc2ccc(S(=O)(=O)N3CCN(C)CC3)cc2)cc1S(=O)(=O)N1CCOCC1. The van der Waals surface area contributed by atoms with E-state index in [2.05, 4.69) is 10.2 Å². The predicted octanol–water partition coefficient (Wildman–Crippen LogP) is 0.905. The highest BCUT2D eigenvalue weighted by Crippen LogP contribution is 2.29. The predicted molar refractivity (Wildman–Crippen MR) is 133 cm³/mol. The maximum atomic E-state index is 13.2. The number of morpholine rings is 1. The van der Waals surface area contributed by atoms with Crippen molar-refractivity contribution in [3.63, 3.8) is 0 Å². The number of hydrogen-bond acceptors (Lipinski definition) is 8. The Morgan fingerprint density at radius 2 is 1.47 bits per heavy atom. The van der Waals surface area contributed by atoms with Gasteiger partial charge < -0.3 is 19.7 Å². The molecule has 0 saturated carbocycles. The fraction of sp³-hybridized carbons (Fsp3) is 0.435. The van der Waals surface area contributed by atoms with E-state index in [9.17, 15) is 21.6 Å². The molecule has 2 aliphatic rings. The lowest BCUT2D eigenvalue weighted by atomic mass is 10.2. The number of hydrogen-bond donors (Lipinski definition) is 1. The molecule has 0 atom stereocenters. The Morgan fingerprint density at radius 3 is 2.08 bits per heavy atom. The third kappa shape index (κ3) is 5.56. The van der Waals surface area contributed by atoms with Gasteiger partial charge in [0.05, 0.1) is 25.2 Å². The topological polar surface area (TPSA) is 126 Å². The van der Waals surface area contributed by atoms with Crippen LogP contribution in [0, 0.1) is 0 Å². The molecule has 1 amide bonds. The fourth-order valence-electron chi connectivity index (χ4n) is 4.04. The van der Waals surface area contributed by atoms with Crippen molar-refractivity contribution in [3.8, 4) is 5.75 Å². The van der Waals surface area contributed by atoms with Gasteiger partial charge >= 0.3 is 0 Å². The van der Waals surface area contributed by atoms with Gasteiger partial charge in [-0.05, 0) is 49.5 Å². The number of sulfonamides is 2. The van der Waals surface area contributed by atoms with Crippen molar-refractivity contribution < 1.29 is 31.1 Å². The van der Waals surface area contributed by atoms with Gasteiger partial charge in [0.15, 0.2) is 0 Å². The Balaban J connectivity index is 1.51. The van der Waals surface area contributed by atoms with Crippen molar-refractivity contribution in [3.05, 3.63) is 48.0 Å². The number of amides is 1. The van der Waals surface area contributed by atoms with Crippen LogP contribution in [0.15, 0.2) is 52.3 Å². The van der Waals surface area contributed by atoms with Crippen molar-refractivity contribution in [1.29, 1.82) is 0 Å². The van der Waals surface area contributed by atoms with E-state index in [0.717, 1.165) is 0 Å². The summed E-state index contributed by atoms with van der Waals surface area (Å²) < 4.78 is 65.4. The summed E-state index contributed by atoms with van der Waals surface area (Å²) in [6, 6.07) is 10.1. The summed E-state index contributed by atoms with van der Waals surface area (Å²) in [6.45, 7) is 3.19. The minimum atomic E-state index is -3.90. The molecule has 4 rings (SSSR count). The molecular formula is C23H30N4O7S2. The van der Waals surface area contributed by atoms with E-state index in [1.54, 1.807) is 0 Å². The van der Waals surface area contributed by atoms with E-state index in [4.69, 9.17) is 9.47 Å². The molecule has 36 heavy (non-hydrogen) atoms. The van der Waals surface area contributed by atoms with Crippen molar-refractivity contribution in [1.82, 2.24) is 13.5 Å². The lowest BCUT2D eigenvalue weighted by Crippen LogP contribution is -2.46. The van der Waals surface area contributed by atoms with Crippen LogP contribution >= 0.6 is 0 Å². The molecule has 0 bridgehead atoms. The highest BCUT2D eigenvalue weighted by molar-refractivity contribution is 7.89. The van der Waals surface area contributed by atoms with E-state index >= 15 is 0 Å². The molecular weight excluding hydrogens is 508 g/mol. The molecule has 0 spiro atoms. The first-order chi connectivity index (χ1) is 17.1. The van der Waals surface area contributed by atoms with Gasteiger partial charge in [-0.3, -0.25) is 4.79 Å². The molecule has 11 nitrogen and oxygen atoms in total. The first kappa shape index (κ1) is 26.5. The second-order valence-corrected chi connectivity index (χ2v) is 12.4. The van der Waals surface area contributed by atoms with Gasteiger partial charge in [-0.25, -0.2) is 16.8 Å². The number of methoxy groups -OCH3 is 1. The third-order valence-corrected chi connectivity index (χ3v) is 10.1. The number of nitrogens with zero attached hydrogens (tertiary/aromatic N) is 3. The molecule has 2 aliphatic heterocycles. The van der Waals surface area contributed by atoms with E-state index < -0.39 is 26.0 Å². The van der Waals surface area contributed by atoms with E-state index in [1.165, 1.54) is 58.2 Å². The molecule has 2 saturated heterocycles. The van der Waals surface area contributed by atoms with Crippen LogP contribution in [0.25, 0.3) is 0 Å². The van der Waals surface area contributed by atoms with Gasteiger partial charge in [0.2, 0.25) is 20.0 Å². The van der Waals surface area contributed by atoms with Crippen LogP contribution < -0.4 is 10.1 Å². The van der Waals surface area contributed by atoms with Crippen molar-refractivity contribution in [2.75, 3.05) is 72.0 Å². The number of rotatable bonds is 7. The number of likely N-dealkylation sites (N-methyl/N-ethyl adjacent to an activating group) is 1. The Labute approximate surface area is 211 Å². The van der Waals surface area contributed by atoms with Crippen LogP contribution in [-0.2, 0) is 24.8 Å². The maximum absolute atomic E-state index is 13.2. The first-order valence-corrected chi connectivity index (χ1v) is 14.4. The van der Waals surface area contributed by atoms with Crippen molar-refractivity contribution in [2.24, 2.45) is 0 Å². The first-order valence-electron chi connectivity index (χ1n) is 11.5. The summed E-state index contributed by atoms with van der Waals surface area (Å²) in [5.41, 5.74) is 0.502. The monoisotopic (exact) mass is 538 g/mol. The average Bonchev–Trinajstić information content (AvgIpc) is 2.89. The maximum Gasteiger partial charge on any atom is 0.255 e. The van der Waals surface area contributed by atoms with Crippen LogP contribution in [0.3, 0.4) is 0 Å². The van der Waals surface area contributed by atoms with Gasteiger partial charge in [0.25, 0.3) is 5.91 Å². The number of benzene rings is 2. The van der Waals surface area contributed by atoms with Crippen molar-refractivity contribution in [2.45, 2.75) is 9.79 Å². The van der Waals surface area contributed by atoms with Crippen molar-refractivity contribution >= 4 is 31.6 Å². The summed E-state index contributed by atoms with van der Waals surface area (Å²) in [7, 11) is -4.20. The molecule has 2 aromatic rings. The Hall–Kier alpha value is -2.55. The van der Waals surface area contributed by atoms with Gasteiger partial charge in [0, 0.05) is 50.5 Å². The summed E-state index contributed by atoms with van der Waals surface area (Å²) in [6.07, 6.45) is 0. The molecule has 1 N–H and O–H groups in total. The van der Waals surface area contributed by atoms with Crippen LogP contribution in [0.5, 0.6) is 5.75 Å². The van der Waals surface area contributed by atoms with Gasteiger partial charge in [-0.1, -0.05) is 0 Å². The zero-order chi connectivity index (χ0) is 25.9. The van der Waals surface area contributed by atoms with Gasteiger partial charge in [-0.15, -0.1) is 0 Å². The van der Waals surface area contributed by atoms with Gasteiger partial charge in [-0.2, -0.15) is 8.61 Å². The molecule has 2 fully saturated rings. The van der Waals surface area contributed by atoms with Crippen LogP contribution in [0.1, 0.15) is 10.4 Å². The molecule has 0 aliphatic carbocycles. The number of carbonyl (C=O) groups is 1. The normalized spacial score (nSPS) is 18.6. The second-order valence-electron chi connectivity index (χ2n) is 8.57. The summed E-state index contributed by atoms with van der Waals surface area (Å²) in [5.74, 6) is -0.401. The lowest BCUT2D eigenvalue weighted by molar-refractivity contribution is 0.0729. The summed E-state index contributed by atoms with van der Waals surface area (Å²) in [5, 5.41) is 2.69. The third-order valence-electron chi connectivity index (χ3n) is 6.23. The fourth-order valence-corrected chi connectivity index (χ4v) is 7.05. The van der Waals surface area contributed by atoms with E-state index in [-0.39, 0.29) is 34.2 Å². The summed E-state index contributed by atoms with van der Waals surface area (Å²) >= 11 is 0. The van der Waals surface area contributed by atoms with E-state index in [0.29, 0.717) is 45.1 Å². The minimum absolute atomic E-state index is 0.104. The molecule has 2 aromatic carbocycles. The van der Waals surface area contributed by atoms with Crippen LogP contribution in [0.2, 0.25) is 0 Å². The number of piperazine rings is 1. The molecule has 0 unspecified atom stereocenters. The number of nitrogens with one attached hydrogen (secondary N) is 1. The molecule has 13 heteroatoms. The Bertz CT molecular complexity index is 1300. The number of carbonyl (C=O) groups excluding carboxylic acids is 1.